The summed E-state index contributed by atoms with van der Waals surface area (Å²) < 4.78 is 6.22. The molecule has 2 aromatic carbocycles. The number of nitrogens with one attached hydrogen (secondary N) is 1. The molecule has 3 saturated heterocycles. The second-order valence-corrected chi connectivity index (χ2v) is 10.9. The summed E-state index contributed by atoms with van der Waals surface area (Å²) in [6.45, 7) is 3.50. The van der Waals surface area contributed by atoms with Crippen LogP contribution < -0.4 is 15.0 Å². The number of fused-ring (bicyclic) bond motifs is 4. The summed E-state index contributed by atoms with van der Waals surface area (Å²) in [4.78, 5) is 24.1. The molecule has 37 heavy (non-hydrogen) atoms. The third kappa shape index (κ3) is 4.27. The number of aromatic nitrogens is 4. The molecule has 4 aromatic rings. The Morgan fingerprint density at radius 2 is 1.84 bits per heavy atom. The Bertz CT molecular complexity index is 1460. The molecule has 5 heterocycles. The molecule has 3 aliphatic rings. The monoisotopic (exact) mass is 515 g/mol. The summed E-state index contributed by atoms with van der Waals surface area (Å²) in [5.74, 6) is 1.46. The van der Waals surface area contributed by atoms with Crippen molar-refractivity contribution in [1.29, 1.82) is 0 Å². The summed E-state index contributed by atoms with van der Waals surface area (Å²) in [6, 6.07) is 13.7. The molecule has 3 fully saturated rings. The summed E-state index contributed by atoms with van der Waals surface area (Å²) in [5, 5.41) is 7.24. The Balaban J connectivity index is 1.32. The van der Waals surface area contributed by atoms with Crippen LogP contribution in [-0.2, 0) is 0 Å². The molecule has 7 rings (SSSR count). The van der Waals surface area contributed by atoms with Gasteiger partial charge in [0.15, 0.2) is 11.5 Å². The van der Waals surface area contributed by atoms with E-state index in [0.29, 0.717) is 47.2 Å². The molecule has 1 N–H and O–H groups in total. The van der Waals surface area contributed by atoms with Crippen LogP contribution in [0.3, 0.4) is 0 Å². The second-order valence-electron chi connectivity index (χ2n) is 10.5. The molecule has 3 aliphatic heterocycles. The smallest absolute Gasteiger partial charge is 0.320 e. The molecule has 0 aliphatic carbocycles. The number of rotatable bonds is 5. The molecule has 0 spiro atoms. The van der Waals surface area contributed by atoms with Gasteiger partial charge in [0.2, 0.25) is 0 Å². The van der Waals surface area contributed by atoms with Gasteiger partial charge in [0, 0.05) is 53.4 Å². The molecule has 8 nitrogen and oxygen atoms in total. The highest BCUT2D eigenvalue weighted by atomic mass is 35.5. The maximum Gasteiger partial charge on any atom is 0.320 e. The molecule has 0 radical (unpaired) electrons. The summed E-state index contributed by atoms with van der Waals surface area (Å²) in [7, 11) is 2.15. The van der Waals surface area contributed by atoms with Gasteiger partial charge in [-0.05, 0) is 50.7 Å². The highest BCUT2D eigenvalue weighted by molar-refractivity contribution is 6.36. The number of likely N-dealkylation sites (tertiary alicyclic amines) is 1. The van der Waals surface area contributed by atoms with Gasteiger partial charge in [-0.1, -0.05) is 41.9 Å². The number of nitrogens with zero attached hydrogens (tertiary/aromatic N) is 6. The van der Waals surface area contributed by atoms with Crippen LogP contribution in [0.15, 0.2) is 42.6 Å². The second kappa shape index (κ2) is 9.35. The van der Waals surface area contributed by atoms with Crippen LogP contribution in [0.2, 0.25) is 5.02 Å². The van der Waals surface area contributed by atoms with Crippen LogP contribution >= 0.6 is 11.6 Å². The zero-order valence-corrected chi connectivity index (χ0v) is 21.7. The van der Waals surface area contributed by atoms with Gasteiger partial charge in [-0.2, -0.15) is 9.97 Å². The third-order valence-corrected chi connectivity index (χ3v) is 8.41. The fourth-order valence-corrected chi connectivity index (χ4v) is 6.41. The zero-order valence-electron chi connectivity index (χ0n) is 20.9. The average Bonchev–Trinajstić information content (AvgIpc) is 3.49. The molecule has 0 saturated carbocycles. The van der Waals surface area contributed by atoms with E-state index >= 15 is 0 Å². The number of piperazine rings is 1. The highest BCUT2D eigenvalue weighted by Gasteiger charge is 2.34. The summed E-state index contributed by atoms with van der Waals surface area (Å²) in [6.07, 6.45) is 6.59. The Kier molecular flexibility index (Phi) is 5.83. The quantitative estimate of drug-likeness (QED) is 0.421. The predicted molar refractivity (Wildman–Crippen MR) is 146 cm³/mol. The average molecular weight is 516 g/mol. The van der Waals surface area contributed by atoms with Gasteiger partial charge in [-0.3, -0.25) is 0 Å². The minimum atomic E-state index is 0.384. The zero-order chi connectivity index (χ0) is 24.9. The summed E-state index contributed by atoms with van der Waals surface area (Å²) in [5.41, 5.74) is 1.49. The van der Waals surface area contributed by atoms with Crippen molar-refractivity contribution in [3.8, 4) is 17.4 Å². The van der Waals surface area contributed by atoms with Crippen LogP contribution in [0.4, 0.5) is 5.82 Å². The minimum Gasteiger partial charge on any atom is -0.462 e. The maximum atomic E-state index is 6.61. The number of ether oxygens (including phenoxy) is 1. The van der Waals surface area contributed by atoms with Gasteiger partial charge >= 0.3 is 6.01 Å². The number of anilines is 1. The van der Waals surface area contributed by atoms with E-state index in [2.05, 4.69) is 34.3 Å². The van der Waals surface area contributed by atoms with Crippen molar-refractivity contribution in [2.75, 3.05) is 38.2 Å². The van der Waals surface area contributed by atoms with E-state index in [9.17, 15) is 0 Å². The number of halogens is 1. The SMILES string of the molecule is CN1CCCC1COc1nc(N2CC3CCC(C2)N3)c2cnc(-c3cccc4cccc(Cl)c34)nc2n1. The fraction of sp³-hybridized carbons (Fsp3) is 0.429. The first kappa shape index (κ1) is 23.1. The van der Waals surface area contributed by atoms with E-state index in [1.807, 2.05) is 30.5 Å². The Morgan fingerprint density at radius 3 is 2.62 bits per heavy atom. The first-order chi connectivity index (χ1) is 18.1. The molecule has 3 unspecified atom stereocenters. The van der Waals surface area contributed by atoms with Crippen molar-refractivity contribution < 1.29 is 4.74 Å². The van der Waals surface area contributed by atoms with Crippen molar-refractivity contribution in [2.24, 2.45) is 0 Å². The van der Waals surface area contributed by atoms with E-state index in [4.69, 9.17) is 36.3 Å². The minimum absolute atomic E-state index is 0.384. The van der Waals surface area contributed by atoms with Gasteiger partial charge in [0.05, 0.1) is 5.39 Å². The van der Waals surface area contributed by atoms with E-state index in [0.717, 1.165) is 53.6 Å². The predicted octanol–water partition coefficient (Wildman–Crippen LogP) is 4.31. The lowest BCUT2D eigenvalue weighted by molar-refractivity contribution is 0.188. The van der Waals surface area contributed by atoms with Crippen molar-refractivity contribution in [1.82, 2.24) is 30.2 Å². The first-order valence-electron chi connectivity index (χ1n) is 13.2. The maximum absolute atomic E-state index is 6.61. The molecule has 9 heteroatoms. The highest BCUT2D eigenvalue weighted by Crippen LogP contribution is 2.34. The Hall–Kier alpha value is -3.07. The summed E-state index contributed by atoms with van der Waals surface area (Å²) >= 11 is 6.61. The van der Waals surface area contributed by atoms with Gasteiger partial charge in [0.25, 0.3) is 0 Å². The van der Waals surface area contributed by atoms with Crippen LogP contribution in [-0.4, -0.2) is 76.3 Å². The lowest BCUT2D eigenvalue weighted by Gasteiger charge is -2.34. The van der Waals surface area contributed by atoms with Crippen molar-refractivity contribution in [2.45, 2.75) is 43.8 Å². The van der Waals surface area contributed by atoms with Crippen molar-refractivity contribution in [3.05, 3.63) is 47.6 Å². The van der Waals surface area contributed by atoms with Gasteiger partial charge in [-0.15, -0.1) is 0 Å². The lowest BCUT2D eigenvalue weighted by Crippen LogP contribution is -2.51. The van der Waals surface area contributed by atoms with E-state index in [1.54, 1.807) is 0 Å². The number of hydrogen-bond donors (Lipinski definition) is 1. The molecule has 0 amide bonds. The van der Waals surface area contributed by atoms with Crippen LogP contribution in [0, 0.1) is 0 Å². The van der Waals surface area contributed by atoms with Gasteiger partial charge < -0.3 is 19.9 Å². The number of benzene rings is 2. The molecule has 190 valence electrons. The molecular weight excluding hydrogens is 486 g/mol. The third-order valence-electron chi connectivity index (χ3n) is 8.10. The van der Waals surface area contributed by atoms with Gasteiger partial charge in [-0.25, -0.2) is 9.97 Å². The normalized spacial score (nSPS) is 23.8. The van der Waals surface area contributed by atoms with E-state index in [-0.39, 0.29) is 0 Å². The molecule has 3 atom stereocenters. The molecule has 2 aromatic heterocycles. The first-order valence-corrected chi connectivity index (χ1v) is 13.6. The number of hydrogen-bond acceptors (Lipinski definition) is 8. The van der Waals surface area contributed by atoms with E-state index < -0.39 is 0 Å². The molecule has 2 bridgehead atoms. The topological polar surface area (TPSA) is 79.3 Å². The van der Waals surface area contributed by atoms with Crippen LogP contribution in [0.1, 0.15) is 25.7 Å². The van der Waals surface area contributed by atoms with Crippen LogP contribution in [0.5, 0.6) is 6.01 Å². The van der Waals surface area contributed by atoms with Crippen molar-refractivity contribution in [3.63, 3.8) is 0 Å². The van der Waals surface area contributed by atoms with Gasteiger partial charge in [0.1, 0.15) is 12.4 Å². The Morgan fingerprint density at radius 1 is 1.03 bits per heavy atom. The molecular formula is C28H30ClN7O. The largest absolute Gasteiger partial charge is 0.462 e. The lowest BCUT2D eigenvalue weighted by atomic mass is 10.0. The fourth-order valence-electron chi connectivity index (χ4n) is 6.13. The standard InChI is InChI=1S/C28H30ClN7O/c1-35-12-4-7-20(35)16-37-28-33-26-22(27(34-28)36-14-18-10-11-19(15-36)31-18)13-30-25(32-26)21-8-2-5-17-6-3-9-23(29)24(17)21/h2-3,5-6,8-9,13,18-20,31H,4,7,10-12,14-16H2,1H3. The van der Waals surface area contributed by atoms with Crippen molar-refractivity contribution >= 4 is 39.2 Å². The Labute approximate surface area is 221 Å². The number of likely N-dealkylation sites (N-methyl/N-ethyl adjacent to an activating group) is 1. The van der Waals surface area contributed by atoms with Crippen LogP contribution in [0.25, 0.3) is 33.2 Å². The van der Waals surface area contributed by atoms with E-state index in [1.165, 1.54) is 19.3 Å².